The fourth-order valence-corrected chi connectivity index (χ4v) is 4.57. The molecular formula is C28H28N2O2S. The van der Waals surface area contributed by atoms with Gasteiger partial charge in [0.05, 0.1) is 4.91 Å². The first-order chi connectivity index (χ1) is 16.1. The van der Waals surface area contributed by atoms with Crippen molar-refractivity contribution in [3.05, 3.63) is 113 Å². The van der Waals surface area contributed by atoms with E-state index in [0.717, 1.165) is 34.5 Å². The molecule has 3 aromatic rings. The minimum Gasteiger partial charge on any atom is -0.489 e. The van der Waals surface area contributed by atoms with Crippen LogP contribution in [-0.4, -0.2) is 11.4 Å². The third-order valence-corrected chi connectivity index (χ3v) is 6.40. The first kappa shape index (κ1) is 22.7. The molecular weight excluding hydrogens is 428 g/mol. The Bertz CT molecular complexity index is 1140. The summed E-state index contributed by atoms with van der Waals surface area (Å²) in [7, 11) is 0. The van der Waals surface area contributed by atoms with E-state index in [9.17, 15) is 4.79 Å². The highest BCUT2D eigenvalue weighted by Gasteiger charge is 2.27. The average Bonchev–Trinajstić information content (AvgIpc) is 3.18. The zero-order valence-electron chi connectivity index (χ0n) is 18.7. The number of anilines is 1. The van der Waals surface area contributed by atoms with Crippen LogP contribution in [0.2, 0.25) is 0 Å². The lowest BCUT2D eigenvalue weighted by Gasteiger charge is -2.13. The van der Waals surface area contributed by atoms with Crippen molar-refractivity contribution < 1.29 is 9.53 Å². The Morgan fingerprint density at radius 2 is 1.85 bits per heavy atom. The second-order valence-corrected chi connectivity index (χ2v) is 8.96. The molecule has 33 heavy (non-hydrogen) atoms. The van der Waals surface area contributed by atoms with Crippen LogP contribution in [0.4, 0.5) is 5.69 Å². The average molecular weight is 457 g/mol. The monoisotopic (exact) mass is 456 g/mol. The van der Waals surface area contributed by atoms with Crippen molar-refractivity contribution >= 4 is 29.4 Å². The van der Waals surface area contributed by atoms with E-state index >= 15 is 0 Å². The summed E-state index contributed by atoms with van der Waals surface area (Å²) >= 11 is 1.49. The molecule has 4 nitrogen and oxygen atoms in total. The first-order valence-corrected chi connectivity index (χ1v) is 12.0. The van der Waals surface area contributed by atoms with Gasteiger partial charge in [0.1, 0.15) is 12.4 Å². The molecule has 0 bridgehead atoms. The van der Waals surface area contributed by atoms with Gasteiger partial charge in [0.25, 0.3) is 5.91 Å². The number of aryl methyl sites for hydroxylation is 1. The molecule has 1 aliphatic rings. The van der Waals surface area contributed by atoms with Crippen molar-refractivity contribution in [1.29, 1.82) is 0 Å². The summed E-state index contributed by atoms with van der Waals surface area (Å²) in [4.78, 5) is 13.2. The van der Waals surface area contributed by atoms with E-state index in [-0.39, 0.29) is 11.4 Å². The Kier molecular flexibility index (Phi) is 7.53. The number of ether oxygens (including phenoxy) is 1. The largest absolute Gasteiger partial charge is 0.489 e. The highest BCUT2D eigenvalue weighted by atomic mass is 32.2. The predicted molar refractivity (Wildman–Crippen MR) is 138 cm³/mol. The number of nitrogens with one attached hydrogen (secondary N) is 2. The zero-order valence-corrected chi connectivity index (χ0v) is 19.5. The summed E-state index contributed by atoms with van der Waals surface area (Å²) in [5.41, 5.74) is 5.21. The van der Waals surface area contributed by atoms with Crippen molar-refractivity contribution in [2.75, 3.05) is 5.32 Å². The van der Waals surface area contributed by atoms with Gasteiger partial charge in [-0.05, 0) is 65.4 Å². The summed E-state index contributed by atoms with van der Waals surface area (Å²) < 4.78 is 6.06. The third kappa shape index (κ3) is 6.08. The molecule has 5 heteroatoms. The summed E-state index contributed by atoms with van der Waals surface area (Å²) in [6, 6.07) is 24.4. The number of rotatable bonds is 9. The summed E-state index contributed by atoms with van der Waals surface area (Å²) in [5.74, 6) is 0.761. The summed E-state index contributed by atoms with van der Waals surface area (Å²) in [5, 5.41) is 6.36. The van der Waals surface area contributed by atoms with E-state index < -0.39 is 0 Å². The van der Waals surface area contributed by atoms with Crippen LogP contribution < -0.4 is 15.4 Å². The lowest BCUT2D eigenvalue weighted by Crippen LogP contribution is -2.30. The Hall–Kier alpha value is -3.44. The highest BCUT2D eigenvalue weighted by molar-refractivity contribution is 8.05. The minimum atomic E-state index is -0.197. The van der Waals surface area contributed by atoms with E-state index in [1.807, 2.05) is 66.7 Å². The van der Waals surface area contributed by atoms with Gasteiger partial charge in [-0.3, -0.25) is 4.79 Å². The molecule has 1 amide bonds. The minimum absolute atomic E-state index is 0.0719. The maximum Gasteiger partial charge on any atom is 0.260 e. The van der Waals surface area contributed by atoms with Gasteiger partial charge in [-0.1, -0.05) is 73.3 Å². The van der Waals surface area contributed by atoms with E-state index in [2.05, 4.69) is 42.3 Å². The van der Waals surface area contributed by atoms with E-state index in [4.69, 9.17) is 4.74 Å². The van der Waals surface area contributed by atoms with Gasteiger partial charge in [-0.15, -0.1) is 6.58 Å². The van der Waals surface area contributed by atoms with Crippen LogP contribution in [-0.2, 0) is 24.2 Å². The van der Waals surface area contributed by atoms with Gasteiger partial charge in [-0.2, -0.15) is 0 Å². The number of hydrogen-bond donors (Lipinski definition) is 2. The van der Waals surface area contributed by atoms with Crippen molar-refractivity contribution in [2.24, 2.45) is 0 Å². The number of amides is 1. The molecule has 0 unspecified atom stereocenters. The van der Waals surface area contributed by atoms with Crippen molar-refractivity contribution in [1.82, 2.24) is 5.32 Å². The molecule has 168 valence electrons. The van der Waals surface area contributed by atoms with Crippen molar-refractivity contribution in [2.45, 2.75) is 31.9 Å². The smallest absolute Gasteiger partial charge is 0.260 e. The molecule has 0 spiro atoms. The molecule has 4 rings (SSSR count). The topological polar surface area (TPSA) is 50.4 Å². The number of allylic oxidation sites excluding steroid dienone is 1. The standard InChI is InChI=1S/C28H28N2O2S/c1-3-8-23-17-22(13-16-25(23)32-19-21-9-6-5-7-10-21)18-26-27(31)30-28(33-26)29-24-14-11-20(4-2)12-15-24/h3,5-7,9-18,28-29H,1,4,8,19H2,2H3,(H,30,31)/b26-18-/t28-/m1/s1. The van der Waals surface area contributed by atoms with E-state index in [0.29, 0.717) is 17.9 Å². The second kappa shape index (κ2) is 10.9. The third-order valence-electron chi connectivity index (χ3n) is 5.37. The molecule has 3 aromatic carbocycles. The fourth-order valence-electron chi connectivity index (χ4n) is 3.58. The Balaban J connectivity index is 1.45. The molecule has 1 saturated heterocycles. The lowest BCUT2D eigenvalue weighted by atomic mass is 10.1. The molecule has 1 fully saturated rings. The van der Waals surface area contributed by atoms with Crippen LogP contribution in [0.3, 0.4) is 0 Å². The maximum atomic E-state index is 12.5. The predicted octanol–water partition coefficient (Wildman–Crippen LogP) is 6.16. The Morgan fingerprint density at radius 3 is 2.58 bits per heavy atom. The van der Waals surface area contributed by atoms with Crippen molar-refractivity contribution in [3.8, 4) is 5.75 Å². The molecule has 2 N–H and O–H groups in total. The van der Waals surface area contributed by atoms with Crippen molar-refractivity contribution in [3.63, 3.8) is 0 Å². The lowest BCUT2D eigenvalue weighted by molar-refractivity contribution is -0.116. The fraction of sp³-hybridized carbons (Fsp3) is 0.179. The van der Waals surface area contributed by atoms with Crippen LogP contribution in [0, 0.1) is 0 Å². The van der Waals surface area contributed by atoms with E-state index in [1.54, 1.807) is 0 Å². The van der Waals surface area contributed by atoms with Gasteiger partial charge in [0.15, 0.2) is 5.50 Å². The quantitative estimate of drug-likeness (QED) is 0.299. The highest BCUT2D eigenvalue weighted by Crippen LogP contribution is 2.31. The molecule has 1 heterocycles. The van der Waals surface area contributed by atoms with Crippen LogP contribution in [0.15, 0.2) is 90.4 Å². The molecule has 0 aliphatic carbocycles. The number of thioether (sulfide) groups is 1. The van der Waals surface area contributed by atoms with Gasteiger partial charge in [0, 0.05) is 5.69 Å². The molecule has 0 aromatic heterocycles. The first-order valence-electron chi connectivity index (χ1n) is 11.1. The number of carbonyl (C=O) groups is 1. The molecule has 0 saturated carbocycles. The maximum absolute atomic E-state index is 12.5. The Morgan fingerprint density at radius 1 is 1.06 bits per heavy atom. The van der Waals surface area contributed by atoms with Crippen LogP contribution in [0.1, 0.15) is 29.2 Å². The van der Waals surface area contributed by atoms with Crippen LogP contribution in [0.25, 0.3) is 6.08 Å². The Labute approximate surface area is 199 Å². The normalized spacial score (nSPS) is 16.5. The summed E-state index contributed by atoms with van der Waals surface area (Å²) in [6.45, 7) is 6.52. The molecule has 1 atom stereocenters. The van der Waals surface area contributed by atoms with E-state index in [1.165, 1.54) is 17.3 Å². The van der Waals surface area contributed by atoms with Gasteiger partial charge in [0.2, 0.25) is 0 Å². The van der Waals surface area contributed by atoms with Gasteiger partial charge >= 0.3 is 0 Å². The SMILES string of the molecule is C=CCc1cc(/C=C2\S[C@H](Nc3ccc(CC)cc3)NC2=O)ccc1OCc1ccccc1. The van der Waals surface area contributed by atoms with Gasteiger partial charge in [-0.25, -0.2) is 0 Å². The zero-order chi connectivity index (χ0) is 23.0. The molecule has 0 radical (unpaired) electrons. The van der Waals surface area contributed by atoms with Crippen LogP contribution in [0.5, 0.6) is 5.75 Å². The molecule has 1 aliphatic heterocycles. The van der Waals surface area contributed by atoms with Gasteiger partial charge < -0.3 is 15.4 Å². The summed E-state index contributed by atoms with van der Waals surface area (Å²) in [6.07, 6.45) is 5.49. The second-order valence-electron chi connectivity index (χ2n) is 7.81. The number of benzene rings is 3. The van der Waals surface area contributed by atoms with Crippen LogP contribution >= 0.6 is 11.8 Å². The number of hydrogen-bond acceptors (Lipinski definition) is 4. The number of carbonyl (C=O) groups excluding carboxylic acids is 1.